The monoisotopic (exact) mass is 290 g/mol. The van der Waals surface area contributed by atoms with Crippen LogP contribution in [0.3, 0.4) is 0 Å². The van der Waals surface area contributed by atoms with Gasteiger partial charge in [0.05, 0.1) is 6.10 Å². The van der Waals surface area contributed by atoms with E-state index in [0.29, 0.717) is 18.0 Å². The van der Waals surface area contributed by atoms with Gasteiger partial charge in [0.15, 0.2) is 0 Å². The first-order valence-electron chi connectivity index (χ1n) is 8.28. The molecule has 0 amide bonds. The molecule has 2 unspecified atom stereocenters. The molecule has 118 valence electrons. The van der Waals surface area contributed by atoms with Crippen molar-refractivity contribution in [2.75, 3.05) is 18.0 Å². The highest BCUT2D eigenvalue weighted by Gasteiger charge is 2.29. The summed E-state index contributed by atoms with van der Waals surface area (Å²) in [6.07, 6.45) is 1.40. The standard InChI is InChI=1S/C18H30N2O/c1-6-15-12-20(18(11-19-15)13(2)3)16-7-9-17(10-8-16)21-14(4)5/h7-10,13-15,18-19H,6,11-12H2,1-5H3. The fraction of sp³-hybridized carbons (Fsp3) is 0.667. The van der Waals surface area contributed by atoms with Gasteiger partial charge in [-0.2, -0.15) is 0 Å². The van der Waals surface area contributed by atoms with Crippen LogP contribution in [0.15, 0.2) is 24.3 Å². The van der Waals surface area contributed by atoms with Crippen molar-refractivity contribution < 1.29 is 4.74 Å². The summed E-state index contributed by atoms with van der Waals surface area (Å²) in [6.45, 7) is 13.1. The Bertz CT molecular complexity index is 427. The van der Waals surface area contributed by atoms with Crippen LogP contribution in [0.2, 0.25) is 0 Å². The quantitative estimate of drug-likeness (QED) is 0.895. The Balaban J connectivity index is 2.15. The predicted octanol–water partition coefficient (Wildman–Crippen LogP) is 3.69. The van der Waals surface area contributed by atoms with Gasteiger partial charge in [-0.1, -0.05) is 20.8 Å². The topological polar surface area (TPSA) is 24.5 Å². The maximum absolute atomic E-state index is 5.74. The van der Waals surface area contributed by atoms with Gasteiger partial charge in [0.2, 0.25) is 0 Å². The molecule has 1 aliphatic rings. The zero-order chi connectivity index (χ0) is 15.4. The number of anilines is 1. The van der Waals surface area contributed by atoms with E-state index in [1.54, 1.807) is 0 Å². The molecule has 0 aromatic heterocycles. The van der Waals surface area contributed by atoms with Gasteiger partial charge in [0, 0.05) is 30.9 Å². The molecule has 1 fully saturated rings. The average Bonchev–Trinajstić information content (AvgIpc) is 2.46. The molecule has 0 aliphatic carbocycles. The van der Waals surface area contributed by atoms with Crippen LogP contribution >= 0.6 is 0 Å². The van der Waals surface area contributed by atoms with Crippen LogP contribution < -0.4 is 15.0 Å². The smallest absolute Gasteiger partial charge is 0.119 e. The second-order valence-corrected chi connectivity index (χ2v) is 6.64. The van der Waals surface area contributed by atoms with Crippen molar-refractivity contribution in [1.29, 1.82) is 0 Å². The third-order valence-electron chi connectivity index (χ3n) is 4.24. The minimum absolute atomic E-state index is 0.225. The molecular formula is C18H30N2O. The van der Waals surface area contributed by atoms with Crippen LogP contribution in [-0.4, -0.2) is 31.3 Å². The Hall–Kier alpha value is -1.22. The number of nitrogens with one attached hydrogen (secondary N) is 1. The SMILES string of the molecule is CCC1CN(c2ccc(OC(C)C)cc2)C(C(C)C)CN1. The lowest BCUT2D eigenvalue weighted by Crippen LogP contribution is -2.58. The highest BCUT2D eigenvalue weighted by molar-refractivity contribution is 5.51. The van der Waals surface area contributed by atoms with Crippen molar-refractivity contribution in [3.8, 4) is 5.75 Å². The first-order chi connectivity index (χ1) is 10.0. The molecule has 0 bridgehead atoms. The first-order valence-corrected chi connectivity index (χ1v) is 8.28. The summed E-state index contributed by atoms with van der Waals surface area (Å²) in [5.41, 5.74) is 1.31. The molecule has 1 aromatic rings. The van der Waals surface area contributed by atoms with Crippen molar-refractivity contribution in [1.82, 2.24) is 5.32 Å². The Morgan fingerprint density at radius 3 is 2.38 bits per heavy atom. The maximum atomic E-state index is 5.74. The van der Waals surface area contributed by atoms with Crippen LogP contribution in [0.5, 0.6) is 5.75 Å². The molecule has 3 nitrogen and oxygen atoms in total. The summed E-state index contributed by atoms with van der Waals surface area (Å²) < 4.78 is 5.74. The number of benzene rings is 1. The average molecular weight is 290 g/mol. The van der Waals surface area contributed by atoms with Crippen molar-refractivity contribution >= 4 is 5.69 Å². The van der Waals surface area contributed by atoms with Crippen LogP contribution in [0, 0.1) is 5.92 Å². The molecule has 1 saturated heterocycles. The van der Waals surface area contributed by atoms with Crippen LogP contribution in [-0.2, 0) is 0 Å². The summed E-state index contributed by atoms with van der Waals surface area (Å²) >= 11 is 0. The summed E-state index contributed by atoms with van der Waals surface area (Å²) in [4.78, 5) is 2.56. The van der Waals surface area contributed by atoms with Gasteiger partial charge in [-0.3, -0.25) is 0 Å². The van der Waals surface area contributed by atoms with Crippen molar-refractivity contribution in [2.24, 2.45) is 5.92 Å². The molecule has 1 N–H and O–H groups in total. The largest absolute Gasteiger partial charge is 0.491 e. The van der Waals surface area contributed by atoms with Gasteiger partial charge in [0.25, 0.3) is 0 Å². The lowest BCUT2D eigenvalue weighted by Gasteiger charge is -2.44. The summed E-state index contributed by atoms with van der Waals surface area (Å²) in [5, 5.41) is 3.67. The maximum Gasteiger partial charge on any atom is 0.119 e. The Morgan fingerprint density at radius 1 is 1.19 bits per heavy atom. The van der Waals surface area contributed by atoms with E-state index in [4.69, 9.17) is 4.74 Å². The molecule has 0 spiro atoms. The van der Waals surface area contributed by atoms with Crippen LogP contribution in [0.1, 0.15) is 41.0 Å². The normalized spacial score (nSPS) is 22.9. The number of rotatable bonds is 5. The molecule has 1 heterocycles. The van der Waals surface area contributed by atoms with Gasteiger partial charge in [-0.05, 0) is 50.5 Å². The summed E-state index contributed by atoms with van der Waals surface area (Å²) in [6, 6.07) is 9.73. The van der Waals surface area contributed by atoms with Crippen molar-refractivity contribution in [3.63, 3.8) is 0 Å². The van der Waals surface area contributed by atoms with Crippen LogP contribution in [0.4, 0.5) is 5.69 Å². The van der Waals surface area contributed by atoms with Crippen molar-refractivity contribution in [3.05, 3.63) is 24.3 Å². The molecule has 3 heteroatoms. The minimum atomic E-state index is 0.225. The summed E-state index contributed by atoms with van der Waals surface area (Å²) in [5.74, 6) is 1.60. The van der Waals surface area contributed by atoms with Crippen LogP contribution in [0.25, 0.3) is 0 Å². The third-order valence-corrected chi connectivity index (χ3v) is 4.24. The van der Waals surface area contributed by atoms with Gasteiger partial charge < -0.3 is 15.0 Å². The summed E-state index contributed by atoms with van der Waals surface area (Å²) in [7, 11) is 0. The van der Waals surface area contributed by atoms with Gasteiger partial charge in [-0.25, -0.2) is 0 Å². The first kappa shape index (κ1) is 16.2. The zero-order valence-corrected chi connectivity index (χ0v) is 14.1. The lowest BCUT2D eigenvalue weighted by atomic mass is 9.97. The van der Waals surface area contributed by atoms with Gasteiger partial charge in [-0.15, -0.1) is 0 Å². The molecule has 0 saturated carbocycles. The molecule has 1 aliphatic heterocycles. The van der Waals surface area contributed by atoms with E-state index in [9.17, 15) is 0 Å². The molecule has 2 rings (SSSR count). The molecular weight excluding hydrogens is 260 g/mol. The number of piperazine rings is 1. The number of hydrogen-bond donors (Lipinski definition) is 1. The second kappa shape index (κ2) is 7.17. The zero-order valence-electron chi connectivity index (χ0n) is 14.1. The molecule has 2 atom stereocenters. The van der Waals surface area contributed by atoms with E-state index in [0.717, 1.165) is 18.8 Å². The Kier molecular flexibility index (Phi) is 5.51. The second-order valence-electron chi connectivity index (χ2n) is 6.64. The molecule has 1 aromatic carbocycles. The fourth-order valence-corrected chi connectivity index (χ4v) is 2.99. The number of hydrogen-bond acceptors (Lipinski definition) is 3. The molecule has 21 heavy (non-hydrogen) atoms. The van der Waals surface area contributed by atoms with E-state index in [-0.39, 0.29) is 6.10 Å². The number of ether oxygens (including phenoxy) is 1. The molecule has 0 radical (unpaired) electrons. The Labute approximate surface area is 129 Å². The van der Waals surface area contributed by atoms with E-state index < -0.39 is 0 Å². The predicted molar refractivity (Wildman–Crippen MR) is 90.3 cm³/mol. The third kappa shape index (κ3) is 4.13. The van der Waals surface area contributed by atoms with Crippen molar-refractivity contribution in [2.45, 2.75) is 59.2 Å². The van der Waals surface area contributed by atoms with Gasteiger partial charge in [0.1, 0.15) is 5.75 Å². The van der Waals surface area contributed by atoms with E-state index >= 15 is 0 Å². The fourth-order valence-electron chi connectivity index (χ4n) is 2.99. The number of nitrogens with zero attached hydrogens (tertiary/aromatic N) is 1. The highest BCUT2D eigenvalue weighted by atomic mass is 16.5. The minimum Gasteiger partial charge on any atom is -0.491 e. The highest BCUT2D eigenvalue weighted by Crippen LogP contribution is 2.26. The van der Waals surface area contributed by atoms with E-state index in [2.05, 4.69) is 69.1 Å². The van der Waals surface area contributed by atoms with Gasteiger partial charge >= 0.3 is 0 Å². The van der Waals surface area contributed by atoms with E-state index in [1.807, 2.05) is 0 Å². The lowest BCUT2D eigenvalue weighted by molar-refractivity contribution is 0.242. The Morgan fingerprint density at radius 2 is 1.86 bits per heavy atom. The van der Waals surface area contributed by atoms with E-state index in [1.165, 1.54) is 12.1 Å².